The zero-order valence-electron chi connectivity index (χ0n) is 9.21. The Morgan fingerprint density at radius 1 is 1.00 bits per heavy atom. The van der Waals surface area contributed by atoms with Crippen LogP contribution in [0.4, 0.5) is 0 Å². The Balaban J connectivity index is 0.000000811. The molecule has 0 radical (unpaired) electrons. The molecule has 1 N–H and O–H groups in total. The van der Waals surface area contributed by atoms with Crippen molar-refractivity contribution in [1.82, 2.24) is 0 Å². The van der Waals surface area contributed by atoms with E-state index in [9.17, 15) is 8.42 Å². The Kier molecular flexibility index (Phi) is 6.97. The molecule has 3 nitrogen and oxygen atoms in total. The molecule has 0 fully saturated rings. The molecular weight excluding hydrogens is 247 g/mol. The molecule has 0 saturated heterocycles. The summed E-state index contributed by atoms with van der Waals surface area (Å²) in [6, 6.07) is 11.8. The molecule has 0 aliphatic carbocycles. The van der Waals surface area contributed by atoms with Crippen LogP contribution < -0.4 is 0 Å². The molecule has 0 aliphatic rings. The third kappa shape index (κ3) is 4.08. The molecule has 0 heterocycles. The Hall–Kier alpha value is -0.390. The Morgan fingerprint density at radius 3 is 2.12 bits per heavy atom. The number of rotatable bonds is 1. The van der Waals surface area contributed by atoms with Crippen LogP contribution in [0.25, 0.3) is 10.8 Å². The van der Waals surface area contributed by atoms with Crippen LogP contribution in [0.1, 0.15) is 7.43 Å². The van der Waals surface area contributed by atoms with E-state index in [0.29, 0.717) is 5.39 Å². The average molecular weight is 262 g/mol. The molecule has 0 amide bonds. The number of hydrogen-bond acceptors (Lipinski definition) is 2. The summed E-state index contributed by atoms with van der Waals surface area (Å²) < 4.78 is 33.1. The van der Waals surface area contributed by atoms with E-state index in [4.69, 9.17) is 4.55 Å². The minimum atomic E-state index is -4.13. The van der Waals surface area contributed by atoms with Crippen LogP contribution >= 0.6 is 0 Å². The maximum absolute atomic E-state index is 11.0. The first-order chi connectivity index (χ1) is 7.59. The van der Waals surface area contributed by atoms with Gasteiger partial charge in [-0.2, -0.15) is 8.42 Å². The predicted molar refractivity (Wildman–Crippen MR) is 72.1 cm³/mol. The van der Waals surface area contributed by atoms with E-state index in [2.05, 4.69) is 4.17 Å². The molecule has 2 aromatic rings. The molecule has 0 aliphatic heterocycles. The van der Waals surface area contributed by atoms with Gasteiger partial charge in [-0.25, -0.2) is 0 Å². The van der Waals surface area contributed by atoms with Crippen molar-refractivity contribution in [3.63, 3.8) is 0 Å². The SMILES string of the molecule is C.O=S(=O)(O)c1cccc2ccccc12.[CH3][Na]. The normalized spacial score (nSPS) is 10.1. The molecule has 0 atom stereocenters. The van der Waals surface area contributed by atoms with E-state index in [1.807, 2.05) is 6.07 Å². The van der Waals surface area contributed by atoms with Gasteiger partial charge in [-0.15, -0.1) is 0 Å². The van der Waals surface area contributed by atoms with Crippen LogP contribution in [0.3, 0.4) is 0 Å². The first kappa shape index (κ1) is 16.6. The molecule has 2 rings (SSSR count). The Labute approximate surface area is 120 Å². The summed E-state index contributed by atoms with van der Waals surface area (Å²) in [5.41, 5.74) is 0. The van der Waals surface area contributed by atoms with Gasteiger partial charge in [-0.05, 0) is 11.5 Å². The van der Waals surface area contributed by atoms with Crippen molar-refractivity contribution in [2.24, 2.45) is 0 Å². The third-order valence-electron chi connectivity index (χ3n) is 2.03. The second-order valence-electron chi connectivity index (χ2n) is 2.95. The zero-order chi connectivity index (χ0) is 12.2. The molecule has 0 bridgehead atoms. The summed E-state index contributed by atoms with van der Waals surface area (Å²) in [6.07, 6.45) is 0. The molecule has 88 valence electrons. The molecule has 0 saturated carbocycles. The van der Waals surface area contributed by atoms with Crippen LogP contribution in [0.15, 0.2) is 47.4 Å². The van der Waals surface area contributed by atoms with Gasteiger partial charge in [0.2, 0.25) is 0 Å². The van der Waals surface area contributed by atoms with Gasteiger partial charge in [-0.3, -0.25) is 4.55 Å². The van der Waals surface area contributed by atoms with Crippen molar-refractivity contribution < 1.29 is 13.0 Å². The van der Waals surface area contributed by atoms with Gasteiger partial charge in [0.15, 0.2) is 0 Å². The molecule has 0 spiro atoms. The molecule has 5 heteroatoms. The van der Waals surface area contributed by atoms with Gasteiger partial charge in [-0.1, -0.05) is 43.8 Å². The topological polar surface area (TPSA) is 54.4 Å². The molecular formula is C12H15NaO3S. The van der Waals surface area contributed by atoms with Crippen molar-refractivity contribution in [1.29, 1.82) is 0 Å². The fourth-order valence-corrected chi connectivity index (χ4v) is 2.13. The molecule has 2 aromatic carbocycles. The van der Waals surface area contributed by atoms with Gasteiger partial charge < -0.3 is 0 Å². The summed E-state index contributed by atoms with van der Waals surface area (Å²) in [4.78, 5) is -0.0457. The second kappa shape index (κ2) is 7.13. The average Bonchev–Trinajstić information content (AvgIpc) is 2.30. The number of fused-ring (bicyclic) bond motifs is 1. The predicted octanol–water partition coefficient (Wildman–Crippen LogP) is 2.93. The van der Waals surface area contributed by atoms with Gasteiger partial charge in [0.05, 0.1) is 0 Å². The van der Waals surface area contributed by atoms with Crippen molar-refractivity contribution in [2.45, 2.75) is 16.5 Å². The maximum atomic E-state index is 11.0. The van der Waals surface area contributed by atoms with Gasteiger partial charge in [0, 0.05) is 5.39 Å². The van der Waals surface area contributed by atoms with Crippen molar-refractivity contribution in [3.05, 3.63) is 42.5 Å². The van der Waals surface area contributed by atoms with Crippen LogP contribution in [-0.2, 0) is 10.1 Å². The summed E-state index contributed by atoms with van der Waals surface area (Å²) in [6.45, 7) is 0. The van der Waals surface area contributed by atoms with E-state index in [0.717, 1.165) is 5.39 Å². The van der Waals surface area contributed by atoms with E-state index in [1.165, 1.54) is 34.0 Å². The Bertz CT molecular complexity index is 574. The van der Waals surface area contributed by atoms with Gasteiger partial charge >= 0.3 is 32.1 Å². The summed E-state index contributed by atoms with van der Waals surface area (Å²) >= 11 is 1.31. The monoisotopic (exact) mass is 262 g/mol. The second-order valence-corrected chi connectivity index (χ2v) is 4.34. The number of benzene rings is 2. The zero-order valence-corrected chi connectivity index (χ0v) is 12.0. The van der Waals surface area contributed by atoms with Gasteiger partial charge in [0.1, 0.15) is 4.90 Å². The third-order valence-corrected chi connectivity index (χ3v) is 2.94. The van der Waals surface area contributed by atoms with Gasteiger partial charge in [0.25, 0.3) is 10.1 Å². The fourth-order valence-electron chi connectivity index (χ4n) is 1.42. The van der Waals surface area contributed by atoms with Crippen molar-refractivity contribution in [3.8, 4) is 0 Å². The van der Waals surface area contributed by atoms with Crippen molar-refractivity contribution >= 4 is 48.8 Å². The Morgan fingerprint density at radius 2 is 1.53 bits per heavy atom. The van der Waals surface area contributed by atoms with E-state index in [-0.39, 0.29) is 12.3 Å². The first-order valence-corrected chi connectivity index (χ1v) is 8.48. The minimum absolute atomic E-state index is 0. The standard InChI is InChI=1S/C10H8O3S.CH4.CH3.Na/c11-14(12,13)10-7-3-5-8-4-1-2-6-9(8)10;;;/h1-7H,(H,11,12,13);1H4;1H3;. The van der Waals surface area contributed by atoms with Crippen LogP contribution in [-0.4, -0.2) is 40.9 Å². The summed E-state index contributed by atoms with van der Waals surface area (Å²) in [7, 11) is -4.13. The summed E-state index contributed by atoms with van der Waals surface area (Å²) in [5, 5.41) is 1.33. The fraction of sp³-hybridized carbons (Fsp3) is 0.167. The summed E-state index contributed by atoms with van der Waals surface area (Å²) in [5.74, 6) is 0. The van der Waals surface area contributed by atoms with Crippen molar-refractivity contribution in [2.75, 3.05) is 0 Å². The van der Waals surface area contributed by atoms with Crippen LogP contribution in [0.2, 0.25) is 4.17 Å². The van der Waals surface area contributed by atoms with E-state index >= 15 is 0 Å². The molecule has 0 aromatic heterocycles. The number of hydrogen-bond donors (Lipinski definition) is 1. The van der Waals surface area contributed by atoms with Crippen LogP contribution in [0, 0.1) is 0 Å². The van der Waals surface area contributed by atoms with Crippen LogP contribution in [0.5, 0.6) is 0 Å². The quantitative estimate of drug-likeness (QED) is 0.635. The van der Waals surface area contributed by atoms with E-state index < -0.39 is 10.1 Å². The van der Waals surface area contributed by atoms with E-state index in [1.54, 1.807) is 30.3 Å². The molecule has 0 unspecified atom stereocenters. The first-order valence-electron chi connectivity index (χ1n) is 5.04. The molecule has 17 heavy (non-hydrogen) atoms.